The summed E-state index contributed by atoms with van der Waals surface area (Å²) in [6, 6.07) is 28.0. The number of para-hydroxylation sites is 2. The Balaban J connectivity index is 1.83. The van der Waals surface area contributed by atoms with Crippen molar-refractivity contribution < 1.29 is 4.79 Å². The number of hydrogen-bond acceptors (Lipinski definition) is 4. The van der Waals surface area contributed by atoms with Gasteiger partial charge in [-0.15, -0.1) is 5.43 Å². The number of aromatic nitrogens is 2. The fourth-order valence-electron chi connectivity index (χ4n) is 4.37. The van der Waals surface area contributed by atoms with Gasteiger partial charge in [-0.3, -0.25) is 14.8 Å². The first-order valence-corrected chi connectivity index (χ1v) is 10.1. The van der Waals surface area contributed by atoms with Gasteiger partial charge < -0.3 is 0 Å². The summed E-state index contributed by atoms with van der Waals surface area (Å²) in [5.41, 5.74) is 7.44. The van der Waals surface area contributed by atoms with Crippen LogP contribution in [0.3, 0.4) is 0 Å². The van der Waals surface area contributed by atoms with Crippen LogP contribution >= 0.6 is 0 Å². The summed E-state index contributed by atoms with van der Waals surface area (Å²) < 4.78 is 0.195. The molecule has 31 heavy (non-hydrogen) atoms. The lowest BCUT2D eigenvalue weighted by Gasteiger charge is -2.37. The van der Waals surface area contributed by atoms with E-state index in [1.165, 1.54) is 0 Å². The topological polar surface area (TPSA) is 54.9 Å². The molecule has 2 aromatic carbocycles. The van der Waals surface area contributed by atoms with Gasteiger partial charge in [-0.05, 0) is 35.4 Å². The Morgan fingerprint density at radius 3 is 1.55 bits per heavy atom. The third kappa shape index (κ3) is 2.99. The first-order chi connectivity index (χ1) is 15.3. The summed E-state index contributed by atoms with van der Waals surface area (Å²) in [4.78, 5) is 21.0. The standard InChI is InChI=1S/C26H21N4O/c31-20-23-19-30(24-7-3-1-4-8-24,25-9-5-2-6-10-25)29-26(23,21-11-15-27-16-12-21)22-13-17-28-18-14-22/h1-20,29H/q+1. The number of hydrogen-bond donors (Lipinski definition) is 1. The minimum atomic E-state index is -0.876. The number of aldehydes is 1. The molecule has 0 amide bonds. The minimum Gasteiger partial charge on any atom is -0.298 e. The average molecular weight is 405 g/mol. The zero-order valence-electron chi connectivity index (χ0n) is 16.8. The van der Waals surface area contributed by atoms with Gasteiger partial charge in [-0.2, -0.15) is 4.59 Å². The van der Waals surface area contributed by atoms with Gasteiger partial charge in [0.2, 0.25) is 0 Å². The number of nitrogens with zero attached hydrogens (tertiary/aromatic N) is 3. The van der Waals surface area contributed by atoms with Crippen LogP contribution in [0.25, 0.3) is 0 Å². The van der Waals surface area contributed by atoms with Crippen LogP contribution in [0.2, 0.25) is 0 Å². The summed E-state index contributed by atoms with van der Waals surface area (Å²) in [5.74, 6) is 0. The number of carbonyl (C=O) groups excluding carboxylic acids is 1. The third-order valence-corrected chi connectivity index (χ3v) is 5.79. The van der Waals surface area contributed by atoms with Crippen LogP contribution < -0.4 is 10.0 Å². The summed E-state index contributed by atoms with van der Waals surface area (Å²) >= 11 is 0. The number of nitrogens with one attached hydrogen (secondary N) is 1. The second kappa shape index (κ2) is 7.72. The minimum absolute atomic E-state index is 0.195. The maximum Gasteiger partial charge on any atom is 0.162 e. The van der Waals surface area contributed by atoms with Gasteiger partial charge >= 0.3 is 0 Å². The second-order valence-corrected chi connectivity index (χ2v) is 7.43. The fraction of sp³-hybridized carbons (Fsp3) is 0.0385. The lowest BCUT2D eigenvalue weighted by atomic mass is 9.79. The van der Waals surface area contributed by atoms with E-state index in [9.17, 15) is 4.79 Å². The van der Waals surface area contributed by atoms with Gasteiger partial charge in [0.1, 0.15) is 6.20 Å². The van der Waals surface area contributed by atoms with E-state index in [0.29, 0.717) is 5.57 Å². The quantitative estimate of drug-likeness (QED) is 0.388. The van der Waals surface area contributed by atoms with Crippen molar-refractivity contribution in [3.63, 3.8) is 0 Å². The monoisotopic (exact) mass is 405 g/mol. The highest BCUT2D eigenvalue weighted by Gasteiger charge is 2.54. The second-order valence-electron chi connectivity index (χ2n) is 7.43. The molecular weight excluding hydrogens is 384 g/mol. The predicted octanol–water partition coefficient (Wildman–Crippen LogP) is 4.66. The van der Waals surface area contributed by atoms with E-state index in [0.717, 1.165) is 28.8 Å². The lowest BCUT2D eigenvalue weighted by Crippen LogP contribution is -2.56. The number of carbonyl (C=O) groups is 1. The molecule has 3 heterocycles. The van der Waals surface area contributed by atoms with Crippen molar-refractivity contribution in [3.05, 3.63) is 133 Å². The number of pyridine rings is 2. The van der Waals surface area contributed by atoms with Crippen molar-refractivity contribution in [3.8, 4) is 0 Å². The molecule has 5 nitrogen and oxygen atoms in total. The van der Waals surface area contributed by atoms with Gasteiger partial charge in [-0.25, -0.2) is 0 Å². The highest BCUT2D eigenvalue weighted by molar-refractivity contribution is 5.84. The summed E-state index contributed by atoms with van der Waals surface area (Å²) in [6.07, 6.45) is 9.94. The van der Waals surface area contributed by atoms with Gasteiger partial charge in [0, 0.05) is 49.1 Å². The van der Waals surface area contributed by atoms with Crippen molar-refractivity contribution in [1.29, 1.82) is 0 Å². The van der Waals surface area contributed by atoms with E-state index in [-0.39, 0.29) is 4.59 Å². The number of quaternary nitrogens is 1. The molecule has 0 atom stereocenters. The van der Waals surface area contributed by atoms with Gasteiger partial charge in [-0.1, -0.05) is 36.4 Å². The van der Waals surface area contributed by atoms with E-state index in [1.54, 1.807) is 24.8 Å². The zero-order valence-corrected chi connectivity index (χ0v) is 16.8. The molecule has 0 radical (unpaired) electrons. The van der Waals surface area contributed by atoms with Crippen molar-refractivity contribution in [1.82, 2.24) is 20.0 Å². The molecule has 0 saturated carbocycles. The molecule has 5 heteroatoms. The highest BCUT2D eigenvalue weighted by Crippen LogP contribution is 2.47. The third-order valence-electron chi connectivity index (χ3n) is 5.79. The molecule has 0 bridgehead atoms. The molecular formula is C26H21N4O+. The van der Waals surface area contributed by atoms with Crippen molar-refractivity contribution in [2.45, 2.75) is 5.54 Å². The Hall–Kier alpha value is -3.93. The molecule has 150 valence electrons. The number of rotatable bonds is 5. The van der Waals surface area contributed by atoms with Crippen LogP contribution in [0.5, 0.6) is 0 Å². The van der Waals surface area contributed by atoms with Crippen LogP contribution in [0.15, 0.2) is 121 Å². The average Bonchev–Trinajstić information content (AvgIpc) is 3.24. The largest absolute Gasteiger partial charge is 0.298 e. The molecule has 0 saturated heterocycles. The zero-order chi connectivity index (χ0) is 21.2. The first kappa shape index (κ1) is 19.1. The van der Waals surface area contributed by atoms with Crippen LogP contribution in [0.4, 0.5) is 11.4 Å². The Morgan fingerprint density at radius 1 is 0.677 bits per heavy atom. The van der Waals surface area contributed by atoms with E-state index in [1.807, 2.05) is 66.9 Å². The Kier molecular flexibility index (Phi) is 4.75. The van der Waals surface area contributed by atoms with Crippen molar-refractivity contribution in [2.24, 2.45) is 0 Å². The SMILES string of the molecule is O=CC1=C[N+](c2ccccc2)(c2ccccc2)NC1(c1ccncc1)c1ccncc1. The molecule has 1 aliphatic rings. The maximum atomic E-state index is 12.6. The van der Waals surface area contributed by atoms with Crippen LogP contribution in [-0.4, -0.2) is 16.3 Å². The normalized spacial score (nSPS) is 16.5. The molecule has 0 fully saturated rings. The van der Waals surface area contributed by atoms with Gasteiger partial charge in [0.15, 0.2) is 23.2 Å². The molecule has 0 spiro atoms. The molecule has 0 aliphatic carbocycles. The molecule has 1 N–H and O–H groups in total. The van der Waals surface area contributed by atoms with Gasteiger partial charge in [0.25, 0.3) is 0 Å². The van der Waals surface area contributed by atoms with Crippen LogP contribution in [-0.2, 0) is 10.3 Å². The van der Waals surface area contributed by atoms with E-state index >= 15 is 0 Å². The number of benzene rings is 2. The summed E-state index contributed by atoms with van der Waals surface area (Å²) in [5, 5.41) is 0. The highest BCUT2D eigenvalue weighted by atomic mass is 16.1. The fourth-order valence-corrected chi connectivity index (χ4v) is 4.37. The Labute approximate surface area is 180 Å². The molecule has 4 aromatic rings. The van der Waals surface area contributed by atoms with Crippen molar-refractivity contribution >= 4 is 17.7 Å². The molecule has 0 unspecified atom stereocenters. The first-order valence-electron chi connectivity index (χ1n) is 10.1. The Bertz CT molecular complexity index is 1130. The summed E-state index contributed by atoms with van der Waals surface area (Å²) in [6.45, 7) is 0. The molecule has 1 aliphatic heterocycles. The van der Waals surface area contributed by atoms with E-state index in [2.05, 4.69) is 39.7 Å². The van der Waals surface area contributed by atoms with Crippen molar-refractivity contribution in [2.75, 3.05) is 0 Å². The predicted molar refractivity (Wildman–Crippen MR) is 121 cm³/mol. The molecule has 2 aromatic heterocycles. The smallest absolute Gasteiger partial charge is 0.162 e. The van der Waals surface area contributed by atoms with Crippen LogP contribution in [0, 0.1) is 0 Å². The van der Waals surface area contributed by atoms with Crippen LogP contribution in [0.1, 0.15) is 11.1 Å². The van der Waals surface area contributed by atoms with E-state index < -0.39 is 5.54 Å². The maximum absolute atomic E-state index is 12.6. The Morgan fingerprint density at radius 2 is 1.13 bits per heavy atom. The molecule has 5 rings (SSSR count). The lowest BCUT2D eigenvalue weighted by molar-refractivity contribution is -0.105. The summed E-state index contributed by atoms with van der Waals surface area (Å²) in [7, 11) is 0. The van der Waals surface area contributed by atoms with Gasteiger partial charge in [0.05, 0.1) is 5.57 Å². The van der Waals surface area contributed by atoms with E-state index in [4.69, 9.17) is 0 Å².